The molecule has 1 aromatic heterocycles. The zero-order valence-electron chi connectivity index (χ0n) is 10.3. The lowest BCUT2D eigenvalue weighted by atomic mass is 10.4. The molecule has 0 unspecified atom stereocenters. The first-order chi connectivity index (χ1) is 8.27. The Hall–Kier alpha value is -1.01. The number of hydrogen-bond donors (Lipinski definition) is 1. The van der Waals surface area contributed by atoms with Crippen LogP contribution in [0.3, 0.4) is 0 Å². The molecule has 1 amide bonds. The molecule has 0 atom stereocenters. The average Bonchev–Trinajstić information content (AvgIpc) is 2.79. The summed E-state index contributed by atoms with van der Waals surface area (Å²) in [5, 5.41) is 3.73. The van der Waals surface area contributed by atoms with Gasteiger partial charge in [-0.3, -0.25) is 4.79 Å². The molecule has 0 radical (unpaired) electrons. The summed E-state index contributed by atoms with van der Waals surface area (Å²) in [7, 11) is 1.66. The van der Waals surface area contributed by atoms with E-state index >= 15 is 0 Å². The van der Waals surface area contributed by atoms with Gasteiger partial charge in [-0.15, -0.1) is 0 Å². The number of ether oxygens (including phenoxy) is 1. The number of amides is 1. The maximum Gasteiger partial charge on any atom is 0.230 e. The van der Waals surface area contributed by atoms with Gasteiger partial charge in [-0.2, -0.15) is 0 Å². The first-order valence-corrected chi connectivity index (χ1v) is 6.66. The lowest BCUT2D eigenvalue weighted by Gasteiger charge is -2.05. The van der Waals surface area contributed by atoms with Gasteiger partial charge in [0.15, 0.2) is 5.16 Å². The fourth-order valence-corrected chi connectivity index (χ4v) is 2.16. The van der Waals surface area contributed by atoms with Crippen molar-refractivity contribution in [2.75, 3.05) is 26.0 Å². The van der Waals surface area contributed by atoms with Gasteiger partial charge in [-0.05, 0) is 13.3 Å². The van der Waals surface area contributed by atoms with Gasteiger partial charge in [0.2, 0.25) is 5.91 Å². The predicted molar refractivity (Wildman–Crippen MR) is 68.1 cm³/mol. The van der Waals surface area contributed by atoms with E-state index in [1.165, 1.54) is 11.8 Å². The second-order valence-corrected chi connectivity index (χ2v) is 4.42. The van der Waals surface area contributed by atoms with Gasteiger partial charge in [0, 0.05) is 39.2 Å². The lowest BCUT2D eigenvalue weighted by Crippen LogP contribution is -2.26. The van der Waals surface area contributed by atoms with E-state index in [-0.39, 0.29) is 5.91 Å². The first kappa shape index (κ1) is 14.1. The Kier molecular flexibility index (Phi) is 6.73. The van der Waals surface area contributed by atoms with Crippen molar-refractivity contribution >= 4 is 17.7 Å². The second kappa shape index (κ2) is 8.14. The molecule has 0 aromatic carbocycles. The van der Waals surface area contributed by atoms with E-state index in [0.717, 1.165) is 18.1 Å². The number of aromatic nitrogens is 2. The van der Waals surface area contributed by atoms with E-state index in [4.69, 9.17) is 4.74 Å². The van der Waals surface area contributed by atoms with Crippen molar-refractivity contribution in [2.24, 2.45) is 0 Å². The van der Waals surface area contributed by atoms with E-state index in [1.54, 1.807) is 13.3 Å². The summed E-state index contributed by atoms with van der Waals surface area (Å²) in [6, 6.07) is 0. The van der Waals surface area contributed by atoms with Crippen LogP contribution in [0, 0.1) is 0 Å². The molecule has 96 valence electrons. The average molecular weight is 257 g/mol. The Balaban J connectivity index is 2.19. The topological polar surface area (TPSA) is 56.2 Å². The molecule has 6 heteroatoms. The van der Waals surface area contributed by atoms with E-state index in [0.29, 0.717) is 18.9 Å². The molecule has 5 nitrogen and oxygen atoms in total. The fourth-order valence-electron chi connectivity index (χ4n) is 1.30. The maximum absolute atomic E-state index is 11.5. The standard InChI is InChI=1S/C11H19N3O2S/c1-3-14-7-6-13-11(14)17-9-10(15)12-5-4-8-16-2/h6-7H,3-5,8-9H2,1-2H3,(H,12,15). The van der Waals surface area contributed by atoms with Crippen LogP contribution < -0.4 is 5.32 Å². The molecular weight excluding hydrogens is 238 g/mol. The lowest BCUT2D eigenvalue weighted by molar-refractivity contribution is -0.118. The molecular formula is C11H19N3O2S. The number of nitrogens with zero attached hydrogens (tertiary/aromatic N) is 2. The molecule has 1 rings (SSSR count). The molecule has 1 heterocycles. The van der Waals surface area contributed by atoms with Gasteiger partial charge in [0.1, 0.15) is 0 Å². The number of hydrogen-bond acceptors (Lipinski definition) is 4. The molecule has 0 saturated carbocycles. The van der Waals surface area contributed by atoms with Crippen LogP contribution in [-0.2, 0) is 16.1 Å². The molecule has 0 aliphatic carbocycles. The van der Waals surface area contributed by atoms with E-state index in [9.17, 15) is 4.79 Å². The van der Waals surface area contributed by atoms with Crippen molar-refractivity contribution in [1.29, 1.82) is 0 Å². The Labute approximate surface area is 106 Å². The molecule has 0 aliphatic heterocycles. The van der Waals surface area contributed by atoms with Gasteiger partial charge in [0.05, 0.1) is 5.75 Å². The van der Waals surface area contributed by atoms with Crippen LogP contribution in [-0.4, -0.2) is 41.5 Å². The highest BCUT2D eigenvalue weighted by molar-refractivity contribution is 7.99. The van der Waals surface area contributed by atoms with Crippen molar-refractivity contribution in [3.05, 3.63) is 12.4 Å². The highest BCUT2D eigenvalue weighted by Gasteiger charge is 2.06. The summed E-state index contributed by atoms with van der Waals surface area (Å²) in [4.78, 5) is 15.7. The maximum atomic E-state index is 11.5. The number of nitrogens with one attached hydrogen (secondary N) is 1. The minimum Gasteiger partial charge on any atom is -0.385 e. The van der Waals surface area contributed by atoms with Gasteiger partial charge in [-0.1, -0.05) is 11.8 Å². The number of carbonyl (C=O) groups excluding carboxylic acids is 1. The minimum absolute atomic E-state index is 0.0387. The van der Waals surface area contributed by atoms with Gasteiger partial charge in [0.25, 0.3) is 0 Å². The normalized spacial score (nSPS) is 10.5. The molecule has 0 spiro atoms. The van der Waals surface area contributed by atoms with Crippen molar-refractivity contribution in [3.8, 4) is 0 Å². The van der Waals surface area contributed by atoms with E-state index in [1.807, 2.05) is 10.8 Å². The zero-order valence-corrected chi connectivity index (χ0v) is 11.1. The quantitative estimate of drug-likeness (QED) is 0.560. The molecule has 1 aromatic rings. The third-order valence-corrected chi connectivity index (χ3v) is 3.20. The van der Waals surface area contributed by atoms with Crippen LogP contribution in [0.5, 0.6) is 0 Å². The van der Waals surface area contributed by atoms with Crippen LogP contribution in [0.2, 0.25) is 0 Å². The first-order valence-electron chi connectivity index (χ1n) is 5.67. The smallest absolute Gasteiger partial charge is 0.230 e. The highest BCUT2D eigenvalue weighted by atomic mass is 32.2. The zero-order chi connectivity index (χ0) is 12.5. The third kappa shape index (κ3) is 5.23. The summed E-state index contributed by atoms with van der Waals surface area (Å²) in [6.45, 7) is 4.26. The molecule has 17 heavy (non-hydrogen) atoms. The monoisotopic (exact) mass is 257 g/mol. The van der Waals surface area contributed by atoms with Crippen LogP contribution in [0.4, 0.5) is 0 Å². The number of carbonyl (C=O) groups is 1. The van der Waals surface area contributed by atoms with E-state index < -0.39 is 0 Å². The number of thioether (sulfide) groups is 1. The summed E-state index contributed by atoms with van der Waals surface area (Å²) >= 11 is 1.46. The highest BCUT2D eigenvalue weighted by Crippen LogP contribution is 2.14. The van der Waals surface area contributed by atoms with Gasteiger partial charge < -0.3 is 14.6 Å². The van der Waals surface area contributed by atoms with Crippen LogP contribution in [0.1, 0.15) is 13.3 Å². The largest absolute Gasteiger partial charge is 0.385 e. The minimum atomic E-state index is 0.0387. The predicted octanol–water partition coefficient (Wildman–Crippen LogP) is 1.15. The van der Waals surface area contributed by atoms with Crippen LogP contribution >= 0.6 is 11.8 Å². The van der Waals surface area contributed by atoms with Gasteiger partial charge >= 0.3 is 0 Å². The van der Waals surface area contributed by atoms with Gasteiger partial charge in [-0.25, -0.2) is 4.98 Å². The molecule has 1 N–H and O–H groups in total. The second-order valence-electron chi connectivity index (χ2n) is 3.48. The summed E-state index contributed by atoms with van der Waals surface area (Å²) in [5.74, 6) is 0.445. The van der Waals surface area contributed by atoms with Crippen LogP contribution in [0.15, 0.2) is 17.6 Å². The molecule has 0 fully saturated rings. The summed E-state index contributed by atoms with van der Waals surface area (Å²) in [6.07, 6.45) is 4.51. The Morgan fingerprint density at radius 3 is 3.18 bits per heavy atom. The summed E-state index contributed by atoms with van der Waals surface area (Å²) < 4.78 is 6.92. The van der Waals surface area contributed by atoms with Crippen molar-refractivity contribution < 1.29 is 9.53 Å². The number of methoxy groups -OCH3 is 1. The van der Waals surface area contributed by atoms with Crippen molar-refractivity contribution in [3.63, 3.8) is 0 Å². The number of rotatable bonds is 8. The Morgan fingerprint density at radius 2 is 2.47 bits per heavy atom. The summed E-state index contributed by atoms with van der Waals surface area (Å²) in [5.41, 5.74) is 0. The molecule has 0 saturated heterocycles. The SMILES string of the molecule is CCn1ccnc1SCC(=O)NCCCOC. The Morgan fingerprint density at radius 1 is 1.65 bits per heavy atom. The third-order valence-electron chi connectivity index (χ3n) is 2.20. The number of imidazole rings is 1. The Bertz CT molecular complexity index is 341. The molecule has 0 bridgehead atoms. The fraction of sp³-hybridized carbons (Fsp3) is 0.636. The van der Waals surface area contributed by atoms with Crippen molar-refractivity contribution in [1.82, 2.24) is 14.9 Å². The van der Waals surface area contributed by atoms with Crippen LogP contribution in [0.25, 0.3) is 0 Å². The number of aryl methyl sites for hydroxylation is 1. The molecule has 0 aliphatic rings. The van der Waals surface area contributed by atoms with E-state index in [2.05, 4.69) is 17.2 Å². The van der Waals surface area contributed by atoms with Crippen molar-refractivity contribution in [2.45, 2.75) is 25.0 Å².